The number of nitrogens with one attached hydrogen (secondary N) is 2. The first-order valence-electron chi connectivity index (χ1n) is 5.75. The third-order valence-corrected chi connectivity index (χ3v) is 2.97. The maximum Gasteiger partial charge on any atom is 0.323 e. The van der Waals surface area contributed by atoms with Gasteiger partial charge in [0.05, 0.1) is 0 Å². The third-order valence-electron chi connectivity index (χ3n) is 2.74. The van der Waals surface area contributed by atoms with E-state index in [1.807, 2.05) is 6.20 Å². The molecule has 90 valence electrons. The standard InChI is InChI=1S/C13H15ClN2O/c14-11-6-3-7-12(8-11)16-13(17)15-9-10-4-1-2-5-10/h3,6-9H,1-2,4-5H2,(H2,15,16,17). The summed E-state index contributed by atoms with van der Waals surface area (Å²) in [6.45, 7) is 0. The first kappa shape index (κ1) is 12.0. The summed E-state index contributed by atoms with van der Waals surface area (Å²) in [5, 5.41) is 6.07. The largest absolute Gasteiger partial charge is 0.323 e. The Labute approximate surface area is 106 Å². The fourth-order valence-corrected chi connectivity index (χ4v) is 2.06. The van der Waals surface area contributed by atoms with Gasteiger partial charge >= 0.3 is 6.03 Å². The molecule has 2 amide bonds. The van der Waals surface area contributed by atoms with Crippen LogP contribution >= 0.6 is 11.6 Å². The topological polar surface area (TPSA) is 41.1 Å². The van der Waals surface area contributed by atoms with Crippen LogP contribution in [-0.2, 0) is 0 Å². The van der Waals surface area contributed by atoms with Crippen molar-refractivity contribution in [2.45, 2.75) is 25.7 Å². The molecule has 0 atom stereocenters. The van der Waals surface area contributed by atoms with Crippen LogP contribution in [0.2, 0.25) is 5.02 Å². The predicted molar refractivity (Wildman–Crippen MR) is 70.2 cm³/mol. The Hall–Kier alpha value is -1.48. The van der Waals surface area contributed by atoms with E-state index in [1.165, 1.54) is 18.4 Å². The van der Waals surface area contributed by atoms with Gasteiger partial charge in [-0.3, -0.25) is 0 Å². The molecule has 1 fully saturated rings. The summed E-state index contributed by atoms with van der Waals surface area (Å²) in [4.78, 5) is 11.6. The molecule has 2 rings (SSSR count). The maximum atomic E-state index is 11.6. The smallest absolute Gasteiger partial charge is 0.314 e. The first-order chi connectivity index (χ1) is 8.24. The van der Waals surface area contributed by atoms with E-state index in [0.717, 1.165) is 12.8 Å². The number of hydrogen-bond acceptors (Lipinski definition) is 1. The molecule has 0 spiro atoms. The van der Waals surface area contributed by atoms with E-state index in [0.29, 0.717) is 10.7 Å². The second-order valence-electron chi connectivity index (χ2n) is 4.12. The van der Waals surface area contributed by atoms with Crippen LogP contribution in [0.3, 0.4) is 0 Å². The first-order valence-corrected chi connectivity index (χ1v) is 6.13. The molecule has 1 aromatic rings. The summed E-state index contributed by atoms with van der Waals surface area (Å²) in [7, 11) is 0. The fraction of sp³-hybridized carbons (Fsp3) is 0.308. The van der Waals surface area contributed by atoms with Crippen LogP contribution in [0.5, 0.6) is 0 Å². The highest BCUT2D eigenvalue weighted by Crippen LogP contribution is 2.22. The van der Waals surface area contributed by atoms with Gasteiger partial charge in [-0.05, 0) is 43.9 Å². The van der Waals surface area contributed by atoms with Gasteiger partial charge in [-0.15, -0.1) is 0 Å². The van der Waals surface area contributed by atoms with Gasteiger partial charge in [0.25, 0.3) is 0 Å². The van der Waals surface area contributed by atoms with Crippen molar-refractivity contribution in [3.8, 4) is 0 Å². The lowest BCUT2D eigenvalue weighted by atomic mass is 10.2. The van der Waals surface area contributed by atoms with Crippen molar-refractivity contribution < 1.29 is 4.79 Å². The van der Waals surface area contributed by atoms with Crippen LogP contribution in [0, 0.1) is 0 Å². The number of urea groups is 1. The van der Waals surface area contributed by atoms with Crippen molar-refractivity contribution in [2.24, 2.45) is 0 Å². The van der Waals surface area contributed by atoms with Gasteiger partial charge in [-0.1, -0.05) is 23.2 Å². The number of amides is 2. The number of carbonyl (C=O) groups excluding carboxylic acids is 1. The lowest BCUT2D eigenvalue weighted by Crippen LogP contribution is -2.24. The quantitative estimate of drug-likeness (QED) is 0.821. The molecule has 0 bridgehead atoms. The normalized spacial score (nSPS) is 14.5. The van der Waals surface area contributed by atoms with E-state index in [9.17, 15) is 4.79 Å². The van der Waals surface area contributed by atoms with E-state index >= 15 is 0 Å². The molecule has 1 saturated carbocycles. The zero-order chi connectivity index (χ0) is 12.1. The number of rotatable bonds is 2. The molecule has 1 aliphatic rings. The highest BCUT2D eigenvalue weighted by molar-refractivity contribution is 6.30. The molecule has 2 N–H and O–H groups in total. The fourth-order valence-electron chi connectivity index (χ4n) is 1.87. The van der Waals surface area contributed by atoms with Crippen LogP contribution in [-0.4, -0.2) is 6.03 Å². The Balaban J connectivity index is 1.86. The Morgan fingerprint density at radius 2 is 2.06 bits per heavy atom. The van der Waals surface area contributed by atoms with Crippen molar-refractivity contribution in [1.29, 1.82) is 0 Å². The molecule has 3 nitrogen and oxygen atoms in total. The second kappa shape index (κ2) is 5.73. The predicted octanol–water partition coefficient (Wildman–Crippen LogP) is 3.92. The highest BCUT2D eigenvalue weighted by Gasteiger charge is 2.06. The Bertz CT molecular complexity index is 435. The summed E-state index contributed by atoms with van der Waals surface area (Å²) in [6.07, 6.45) is 6.45. The van der Waals surface area contributed by atoms with E-state index in [4.69, 9.17) is 11.6 Å². The molecule has 4 heteroatoms. The van der Waals surface area contributed by atoms with Crippen LogP contribution in [0.25, 0.3) is 0 Å². The zero-order valence-corrected chi connectivity index (χ0v) is 10.3. The summed E-state index contributed by atoms with van der Waals surface area (Å²) in [6, 6.07) is 6.85. The average Bonchev–Trinajstić information content (AvgIpc) is 2.79. The van der Waals surface area contributed by atoms with Gasteiger partial charge in [0.15, 0.2) is 0 Å². The minimum Gasteiger partial charge on any atom is -0.314 e. The molecule has 17 heavy (non-hydrogen) atoms. The van der Waals surface area contributed by atoms with E-state index in [1.54, 1.807) is 24.3 Å². The lowest BCUT2D eigenvalue weighted by molar-refractivity contribution is 0.255. The molecule has 1 aromatic carbocycles. The maximum absolute atomic E-state index is 11.6. The minimum atomic E-state index is -0.230. The number of carbonyl (C=O) groups is 1. The zero-order valence-electron chi connectivity index (χ0n) is 9.50. The van der Waals surface area contributed by atoms with Gasteiger partial charge in [-0.25, -0.2) is 4.79 Å². The number of halogens is 1. The average molecular weight is 251 g/mol. The van der Waals surface area contributed by atoms with E-state index in [-0.39, 0.29) is 6.03 Å². The molecule has 0 saturated heterocycles. The summed E-state index contributed by atoms with van der Waals surface area (Å²) in [5.41, 5.74) is 2.01. The van der Waals surface area contributed by atoms with Crippen LogP contribution in [0.1, 0.15) is 25.7 Å². The molecule has 0 heterocycles. The molecular weight excluding hydrogens is 236 g/mol. The van der Waals surface area contributed by atoms with Gasteiger partial charge in [0, 0.05) is 16.9 Å². The van der Waals surface area contributed by atoms with Gasteiger partial charge in [0.2, 0.25) is 0 Å². The second-order valence-corrected chi connectivity index (χ2v) is 4.55. The molecule has 0 aromatic heterocycles. The van der Waals surface area contributed by atoms with E-state index < -0.39 is 0 Å². The Morgan fingerprint density at radius 1 is 1.29 bits per heavy atom. The summed E-state index contributed by atoms with van der Waals surface area (Å²) in [5.74, 6) is 0. The van der Waals surface area contributed by atoms with Crippen LogP contribution in [0.4, 0.5) is 10.5 Å². The molecule has 0 unspecified atom stereocenters. The number of anilines is 1. The number of allylic oxidation sites excluding steroid dienone is 1. The van der Waals surface area contributed by atoms with Crippen LogP contribution in [0.15, 0.2) is 36.0 Å². The number of hydrogen-bond donors (Lipinski definition) is 2. The highest BCUT2D eigenvalue weighted by atomic mass is 35.5. The van der Waals surface area contributed by atoms with Crippen LogP contribution < -0.4 is 10.6 Å². The monoisotopic (exact) mass is 250 g/mol. The molecule has 1 aliphatic carbocycles. The van der Waals surface area contributed by atoms with Crippen molar-refractivity contribution in [1.82, 2.24) is 5.32 Å². The minimum absolute atomic E-state index is 0.230. The lowest BCUT2D eigenvalue weighted by Gasteiger charge is -2.05. The van der Waals surface area contributed by atoms with E-state index in [2.05, 4.69) is 10.6 Å². The van der Waals surface area contributed by atoms with Gasteiger partial charge in [0.1, 0.15) is 0 Å². The summed E-state index contributed by atoms with van der Waals surface area (Å²) >= 11 is 5.83. The summed E-state index contributed by atoms with van der Waals surface area (Å²) < 4.78 is 0. The number of benzene rings is 1. The van der Waals surface area contributed by atoms with Gasteiger partial charge < -0.3 is 10.6 Å². The van der Waals surface area contributed by atoms with Crippen molar-refractivity contribution in [3.63, 3.8) is 0 Å². The SMILES string of the molecule is O=C(NC=C1CCCC1)Nc1cccc(Cl)c1. The van der Waals surface area contributed by atoms with Gasteiger partial charge in [-0.2, -0.15) is 0 Å². The van der Waals surface area contributed by atoms with Crippen molar-refractivity contribution >= 4 is 23.3 Å². The molecular formula is C13H15ClN2O. The molecule has 0 radical (unpaired) electrons. The van der Waals surface area contributed by atoms with Crippen molar-refractivity contribution in [3.05, 3.63) is 41.1 Å². The Kier molecular flexibility index (Phi) is 4.04. The third kappa shape index (κ3) is 3.79. The van der Waals surface area contributed by atoms with Crippen molar-refractivity contribution in [2.75, 3.05) is 5.32 Å². The Morgan fingerprint density at radius 3 is 2.76 bits per heavy atom. The molecule has 0 aliphatic heterocycles.